The molecule has 5 rings (SSSR count). The van der Waals surface area contributed by atoms with Gasteiger partial charge in [-0.1, -0.05) is 60.7 Å². The van der Waals surface area contributed by atoms with Crippen LogP contribution >= 0.6 is 11.3 Å². The number of carbonyl (C=O) groups is 2. The Balaban J connectivity index is 1.28. The largest absolute Gasteiger partial charge is 0.338 e. The van der Waals surface area contributed by atoms with Crippen molar-refractivity contribution in [2.75, 3.05) is 11.9 Å². The average molecular weight is 417 g/mol. The number of nitrogens with zero attached hydrogens (tertiary/aromatic N) is 4. The van der Waals surface area contributed by atoms with Gasteiger partial charge in [0.15, 0.2) is 0 Å². The number of fused-ring (bicyclic) bond motifs is 1. The first-order chi connectivity index (χ1) is 14.7. The zero-order chi connectivity index (χ0) is 20.5. The minimum absolute atomic E-state index is 0.0100. The monoisotopic (exact) mass is 417 g/mol. The maximum Gasteiger partial charge on any atom is 0.250 e. The second-order valence-corrected chi connectivity index (χ2v) is 8.10. The van der Waals surface area contributed by atoms with Gasteiger partial charge >= 0.3 is 0 Å². The van der Waals surface area contributed by atoms with Crippen molar-refractivity contribution in [3.63, 3.8) is 0 Å². The van der Waals surface area contributed by atoms with E-state index in [2.05, 4.69) is 15.4 Å². The molecule has 8 heteroatoms. The number of anilines is 1. The zero-order valence-corrected chi connectivity index (χ0v) is 16.9. The number of amides is 2. The Morgan fingerprint density at radius 1 is 1.10 bits per heavy atom. The molecule has 150 valence electrons. The van der Waals surface area contributed by atoms with E-state index in [1.165, 1.54) is 11.3 Å². The Bertz CT molecular complexity index is 1200. The molecular formula is C22H19N5O2S. The minimum Gasteiger partial charge on any atom is -0.338 e. The van der Waals surface area contributed by atoms with E-state index in [1.54, 1.807) is 9.42 Å². The smallest absolute Gasteiger partial charge is 0.250 e. The molecule has 0 saturated carbocycles. The first-order valence-corrected chi connectivity index (χ1v) is 10.6. The third kappa shape index (κ3) is 3.57. The molecule has 0 bridgehead atoms. The molecule has 30 heavy (non-hydrogen) atoms. The van der Waals surface area contributed by atoms with Gasteiger partial charge in [0.1, 0.15) is 0 Å². The van der Waals surface area contributed by atoms with Gasteiger partial charge in [0.05, 0.1) is 11.6 Å². The number of likely N-dealkylation sites (tertiary alicyclic amines) is 1. The van der Waals surface area contributed by atoms with Crippen LogP contribution in [0.4, 0.5) is 5.95 Å². The molecule has 1 saturated heterocycles. The summed E-state index contributed by atoms with van der Waals surface area (Å²) in [5.74, 6) is -0.378. The quantitative estimate of drug-likeness (QED) is 0.539. The highest BCUT2D eigenvalue weighted by molar-refractivity contribution is 7.15. The number of hydrogen-bond donors (Lipinski definition) is 1. The lowest BCUT2D eigenvalue weighted by Gasteiger charge is -2.16. The van der Waals surface area contributed by atoms with E-state index < -0.39 is 5.92 Å². The summed E-state index contributed by atoms with van der Waals surface area (Å²) in [6.07, 6.45) is 0.205. The van der Waals surface area contributed by atoms with E-state index in [0.29, 0.717) is 18.1 Å². The molecule has 0 aliphatic carbocycles. The topological polar surface area (TPSA) is 79.6 Å². The van der Waals surface area contributed by atoms with Gasteiger partial charge in [-0.05, 0) is 5.56 Å². The molecule has 3 heterocycles. The van der Waals surface area contributed by atoms with Crippen LogP contribution in [0.3, 0.4) is 0 Å². The first-order valence-electron chi connectivity index (χ1n) is 9.69. The van der Waals surface area contributed by atoms with Gasteiger partial charge in [0.2, 0.25) is 22.7 Å². The summed E-state index contributed by atoms with van der Waals surface area (Å²) in [4.78, 5) is 31.9. The van der Waals surface area contributed by atoms with Gasteiger partial charge in [0.25, 0.3) is 0 Å². The Morgan fingerprint density at radius 3 is 2.60 bits per heavy atom. The van der Waals surface area contributed by atoms with Gasteiger partial charge in [-0.3, -0.25) is 14.9 Å². The van der Waals surface area contributed by atoms with Gasteiger partial charge < -0.3 is 4.90 Å². The molecule has 0 radical (unpaired) electrons. The zero-order valence-electron chi connectivity index (χ0n) is 16.1. The van der Waals surface area contributed by atoms with Crippen molar-refractivity contribution in [1.82, 2.24) is 19.5 Å². The molecule has 1 atom stereocenters. The molecule has 1 fully saturated rings. The summed E-state index contributed by atoms with van der Waals surface area (Å²) >= 11 is 1.47. The van der Waals surface area contributed by atoms with Crippen molar-refractivity contribution in [3.05, 3.63) is 71.6 Å². The van der Waals surface area contributed by atoms with E-state index >= 15 is 0 Å². The summed E-state index contributed by atoms with van der Waals surface area (Å²) in [5, 5.41) is 9.23. The Kier molecular flexibility index (Phi) is 4.76. The lowest BCUT2D eigenvalue weighted by Crippen LogP contribution is -2.28. The number of benzene rings is 2. The molecule has 4 aromatic rings. The number of thiazole rings is 1. The molecule has 1 unspecified atom stereocenters. The fourth-order valence-corrected chi connectivity index (χ4v) is 4.49. The van der Waals surface area contributed by atoms with Gasteiger partial charge in [-0.25, -0.2) is 4.52 Å². The molecule has 2 amide bonds. The van der Waals surface area contributed by atoms with Crippen molar-refractivity contribution in [1.29, 1.82) is 0 Å². The third-order valence-corrected chi connectivity index (χ3v) is 6.00. The van der Waals surface area contributed by atoms with Crippen LogP contribution in [0.15, 0.2) is 66.0 Å². The maximum absolute atomic E-state index is 12.7. The summed E-state index contributed by atoms with van der Waals surface area (Å²) in [6.45, 7) is 0.916. The molecule has 1 N–H and O–H groups in total. The number of aromatic nitrogens is 3. The van der Waals surface area contributed by atoms with Crippen molar-refractivity contribution in [2.24, 2.45) is 5.92 Å². The van der Waals surface area contributed by atoms with E-state index in [1.807, 2.05) is 66.0 Å². The standard InChI is InChI=1S/C22H19N5O2S/c28-19-11-17(13-26(19)12-15-7-3-1-4-8-15)20(29)23-21-24-22-27(25-21)18(14-30-22)16-9-5-2-6-10-16/h1-10,14,17H,11-13H2,(H,23,25,29). The van der Waals surface area contributed by atoms with Crippen LogP contribution in [-0.2, 0) is 16.1 Å². The van der Waals surface area contributed by atoms with Crippen molar-refractivity contribution >= 4 is 34.1 Å². The predicted molar refractivity (Wildman–Crippen MR) is 115 cm³/mol. The third-order valence-electron chi connectivity index (χ3n) is 5.19. The van der Waals surface area contributed by atoms with Crippen LogP contribution < -0.4 is 5.32 Å². The van der Waals surface area contributed by atoms with Crippen molar-refractivity contribution in [3.8, 4) is 11.3 Å². The van der Waals surface area contributed by atoms with E-state index in [9.17, 15) is 9.59 Å². The highest BCUT2D eigenvalue weighted by atomic mass is 32.1. The Morgan fingerprint density at radius 2 is 1.83 bits per heavy atom. The van der Waals surface area contributed by atoms with Crippen molar-refractivity contribution < 1.29 is 9.59 Å². The van der Waals surface area contributed by atoms with Gasteiger partial charge in [-0.2, -0.15) is 4.98 Å². The highest BCUT2D eigenvalue weighted by Gasteiger charge is 2.34. The first kappa shape index (κ1) is 18.5. The summed E-state index contributed by atoms with van der Waals surface area (Å²) < 4.78 is 1.73. The second kappa shape index (κ2) is 7.72. The summed E-state index contributed by atoms with van der Waals surface area (Å²) in [5.41, 5.74) is 3.01. The average Bonchev–Trinajstić information content (AvgIpc) is 3.44. The molecular weight excluding hydrogens is 398 g/mol. The van der Waals surface area contributed by atoms with Gasteiger partial charge in [-0.15, -0.1) is 16.4 Å². The Hall–Kier alpha value is -3.52. The van der Waals surface area contributed by atoms with Crippen LogP contribution in [-0.4, -0.2) is 37.9 Å². The highest BCUT2D eigenvalue weighted by Crippen LogP contribution is 2.26. The van der Waals surface area contributed by atoms with Crippen LogP contribution in [0, 0.1) is 5.92 Å². The number of nitrogens with one attached hydrogen (secondary N) is 1. The number of rotatable bonds is 5. The summed E-state index contributed by atoms with van der Waals surface area (Å²) in [7, 11) is 0. The van der Waals surface area contributed by atoms with E-state index in [4.69, 9.17) is 0 Å². The SMILES string of the molecule is O=C(Nc1nc2scc(-c3ccccc3)n2n1)C1CC(=O)N(Cc2ccccc2)C1. The van der Waals surface area contributed by atoms with E-state index in [-0.39, 0.29) is 24.2 Å². The maximum atomic E-state index is 12.7. The fourth-order valence-electron chi connectivity index (χ4n) is 3.66. The Labute approximate surface area is 177 Å². The van der Waals surface area contributed by atoms with Crippen LogP contribution in [0.5, 0.6) is 0 Å². The van der Waals surface area contributed by atoms with Crippen LogP contribution in [0.25, 0.3) is 16.2 Å². The number of hydrogen-bond acceptors (Lipinski definition) is 5. The predicted octanol–water partition coefficient (Wildman–Crippen LogP) is 3.45. The molecule has 2 aromatic carbocycles. The molecule has 1 aliphatic heterocycles. The molecule has 0 spiro atoms. The van der Waals surface area contributed by atoms with E-state index in [0.717, 1.165) is 16.8 Å². The summed E-state index contributed by atoms with van der Waals surface area (Å²) in [6, 6.07) is 19.7. The second-order valence-electron chi connectivity index (χ2n) is 7.27. The normalized spacial score (nSPS) is 16.3. The van der Waals surface area contributed by atoms with Crippen LogP contribution in [0.1, 0.15) is 12.0 Å². The van der Waals surface area contributed by atoms with Crippen molar-refractivity contribution in [2.45, 2.75) is 13.0 Å². The van der Waals surface area contributed by atoms with Gasteiger partial charge in [0, 0.05) is 30.5 Å². The molecule has 2 aromatic heterocycles. The lowest BCUT2D eigenvalue weighted by molar-refractivity contribution is -0.128. The van der Waals surface area contributed by atoms with Crippen LogP contribution in [0.2, 0.25) is 0 Å². The molecule has 7 nitrogen and oxygen atoms in total. The molecule has 1 aliphatic rings. The lowest BCUT2D eigenvalue weighted by atomic mass is 10.1. The minimum atomic E-state index is -0.406. The number of carbonyl (C=O) groups excluding carboxylic acids is 2. The fraction of sp³-hybridized carbons (Fsp3) is 0.182.